The second kappa shape index (κ2) is 7.56. The lowest BCUT2D eigenvalue weighted by molar-refractivity contribution is -0.149. The Morgan fingerprint density at radius 3 is 2.71 bits per heavy atom. The standard InChI is InChI=1S/C16H32N2O3/c1-7-9-17-16(5,14(19)20-6)8-10-18-11-13(2)21-15(3,4)12-18/h13,17H,7-12H2,1-6H3. The minimum atomic E-state index is -0.615. The van der Waals surface area contributed by atoms with Gasteiger partial charge in [0.1, 0.15) is 5.54 Å². The summed E-state index contributed by atoms with van der Waals surface area (Å²) in [6, 6.07) is 0. The van der Waals surface area contributed by atoms with Crippen LogP contribution in [-0.4, -0.2) is 61.4 Å². The normalized spacial score (nSPS) is 25.3. The van der Waals surface area contributed by atoms with Gasteiger partial charge in [-0.1, -0.05) is 6.92 Å². The molecule has 5 heteroatoms. The minimum absolute atomic E-state index is 0.129. The van der Waals surface area contributed by atoms with Crippen LogP contribution in [0.2, 0.25) is 0 Å². The second-order valence-corrected chi connectivity index (χ2v) is 6.92. The van der Waals surface area contributed by atoms with Gasteiger partial charge in [-0.15, -0.1) is 0 Å². The number of ether oxygens (including phenoxy) is 2. The Hall–Kier alpha value is -0.650. The summed E-state index contributed by atoms with van der Waals surface area (Å²) in [5, 5.41) is 3.34. The van der Waals surface area contributed by atoms with Gasteiger partial charge in [-0.3, -0.25) is 9.69 Å². The Kier molecular flexibility index (Phi) is 6.63. The number of methoxy groups -OCH3 is 1. The minimum Gasteiger partial charge on any atom is -0.468 e. The van der Waals surface area contributed by atoms with E-state index in [1.165, 1.54) is 7.11 Å². The first kappa shape index (κ1) is 18.4. The van der Waals surface area contributed by atoms with Crippen LogP contribution in [0, 0.1) is 0 Å². The monoisotopic (exact) mass is 300 g/mol. The van der Waals surface area contributed by atoms with E-state index in [2.05, 4.69) is 37.9 Å². The molecule has 0 amide bonds. The molecule has 0 saturated carbocycles. The van der Waals surface area contributed by atoms with E-state index in [1.807, 2.05) is 6.92 Å². The molecule has 0 aromatic rings. The van der Waals surface area contributed by atoms with E-state index < -0.39 is 5.54 Å². The average Bonchev–Trinajstić information content (AvgIpc) is 2.39. The molecule has 124 valence electrons. The van der Waals surface area contributed by atoms with Crippen molar-refractivity contribution in [1.82, 2.24) is 10.2 Å². The van der Waals surface area contributed by atoms with Gasteiger partial charge in [-0.05, 0) is 47.1 Å². The Morgan fingerprint density at radius 1 is 1.52 bits per heavy atom. The van der Waals surface area contributed by atoms with Crippen molar-refractivity contribution in [2.24, 2.45) is 0 Å². The van der Waals surface area contributed by atoms with E-state index in [1.54, 1.807) is 0 Å². The molecule has 1 fully saturated rings. The molecule has 0 spiro atoms. The van der Waals surface area contributed by atoms with Gasteiger partial charge in [0.05, 0.1) is 18.8 Å². The van der Waals surface area contributed by atoms with Crippen molar-refractivity contribution in [3.8, 4) is 0 Å². The molecule has 0 aromatic heterocycles. The zero-order valence-electron chi connectivity index (χ0n) is 14.5. The van der Waals surface area contributed by atoms with Gasteiger partial charge >= 0.3 is 5.97 Å². The molecular formula is C16H32N2O3. The van der Waals surface area contributed by atoms with Crippen molar-refractivity contribution in [1.29, 1.82) is 0 Å². The van der Waals surface area contributed by atoms with Crippen LogP contribution in [0.4, 0.5) is 0 Å². The largest absolute Gasteiger partial charge is 0.468 e. The number of hydrogen-bond donors (Lipinski definition) is 1. The molecule has 1 rings (SSSR count). The highest BCUT2D eigenvalue weighted by atomic mass is 16.5. The molecule has 0 aromatic carbocycles. The fourth-order valence-electron chi connectivity index (χ4n) is 3.03. The van der Waals surface area contributed by atoms with Gasteiger partial charge in [0.2, 0.25) is 0 Å². The number of nitrogens with zero attached hydrogens (tertiary/aromatic N) is 1. The molecule has 0 bridgehead atoms. The van der Waals surface area contributed by atoms with E-state index in [0.29, 0.717) is 0 Å². The molecule has 0 radical (unpaired) electrons. The quantitative estimate of drug-likeness (QED) is 0.727. The van der Waals surface area contributed by atoms with Gasteiger partial charge in [0, 0.05) is 19.6 Å². The maximum absolute atomic E-state index is 12.1. The summed E-state index contributed by atoms with van der Waals surface area (Å²) in [6.45, 7) is 13.8. The van der Waals surface area contributed by atoms with E-state index in [9.17, 15) is 4.79 Å². The Morgan fingerprint density at radius 2 is 2.19 bits per heavy atom. The third kappa shape index (κ3) is 5.57. The Bertz CT molecular complexity index is 346. The molecule has 0 aliphatic carbocycles. The highest BCUT2D eigenvalue weighted by Gasteiger charge is 2.36. The smallest absolute Gasteiger partial charge is 0.325 e. The fraction of sp³-hybridized carbons (Fsp3) is 0.938. The van der Waals surface area contributed by atoms with E-state index in [0.717, 1.165) is 39.0 Å². The van der Waals surface area contributed by atoms with E-state index in [4.69, 9.17) is 9.47 Å². The van der Waals surface area contributed by atoms with Gasteiger partial charge < -0.3 is 14.8 Å². The summed E-state index contributed by atoms with van der Waals surface area (Å²) < 4.78 is 10.9. The molecule has 1 heterocycles. The predicted molar refractivity (Wildman–Crippen MR) is 84.4 cm³/mol. The fourth-order valence-corrected chi connectivity index (χ4v) is 3.03. The third-order valence-corrected chi connectivity index (χ3v) is 3.97. The Balaban J connectivity index is 2.61. The van der Waals surface area contributed by atoms with Crippen LogP contribution in [0.15, 0.2) is 0 Å². The number of rotatable bonds is 7. The lowest BCUT2D eigenvalue weighted by atomic mass is 9.96. The first-order chi connectivity index (χ1) is 9.72. The summed E-state index contributed by atoms with van der Waals surface area (Å²) >= 11 is 0. The molecule has 1 saturated heterocycles. The number of nitrogens with one attached hydrogen (secondary N) is 1. The number of hydrogen-bond acceptors (Lipinski definition) is 5. The topological polar surface area (TPSA) is 50.8 Å². The van der Waals surface area contributed by atoms with Gasteiger partial charge in [-0.25, -0.2) is 0 Å². The zero-order valence-corrected chi connectivity index (χ0v) is 14.5. The SMILES string of the molecule is CCCNC(C)(CCN1CC(C)OC(C)(C)C1)C(=O)OC. The lowest BCUT2D eigenvalue weighted by Crippen LogP contribution is -2.56. The molecule has 5 nitrogen and oxygen atoms in total. The summed E-state index contributed by atoms with van der Waals surface area (Å²) in [4.78, 5) is 14.5. The third-order valence-electron chi connectivity index (χ3n) is 3.97. The predicted octanol–water partition coefficient (Wildman–Crippen LogP) is 1.81. The highest BCUT2D eigenvalue weighted by Crippen LogP contribution is 2.22. The van der Waals surface area contributed by atoms with E-state index in [-0.39, 0.29) is 17.7 Å². The summed E-state index contributed by atoms with van der Waals surface area (Å²) in [7, 11) is 1.45. The molecule has 1 aliphatic heterocycles. The second-order valence-electron chi connectivity index (χ2n) is 6.92. The molecule has 1 N–H and O–H groups in total. The van der Waals surface area contributed by atoms with Crippen LogP contribution >= 0.6 is 0 Å². The Labute approximate surface area is 129 Å². The average molecular weight is 300 g/mol. The summed E-state index contributed by atoms with van der Waals surface area (Å²) in [6.07, 6.45) is 1.96. The van der Waals surface area contributed by atoms with Gasteiger partial charge in [0.15, 0.2) is 0 Å². The van der Waals surface area contributed by atoms with Crippen molar-refractivity contribution in [3.05, 3.63) is 0 Å². The number of esters is 1. The highest BCUT2D eigenvalue weighted by molar-refractivity contribution is 5.80. The van der Waals surface area contributed by atoms with Crippen LogP contribution in [0.3, 0.4) is 0 Å². The van der Waals surface area contributed by atoms with Crippen LogP contribution in [0.5, 0.6) is 0 Å². The van der Waals surface area contributed by atoms with Crippen LogP contribution < -0.4 is 5.32 Å². The first-order valence-electron chi connectivity index (χ1n) is 7.96. The van der Waals surface area contributed by atoms with Gasteiger partial charge in [0.25, 0.3) is 0 Å². The molecule has 2 atom stereocenters. The summed E-state index contributed by atoms with van der Waals surface area (Å²) in [5.74, 6) is -0.184. The zero-order chi connectivity index (χ0) is 16.1. The number of carbonyl (C=O) groups excluding carboxylic acids is 1. The molecule has 1 aliphatic rings. The molecule has 21 heavy (non-hydrogen) atoms. The van der Waals surface area contributed by atoms with E-state index >= 15 is 0 Å². The molecule has 2 unspecified atom stereocenters. The molecular weight excluding hydrogens is 268 g/mol. The van der Waals surface area contributed by atoms with Crippen LogP contribution in [0.1, 0.15) is 47.5 Å². The van der Waals surface area contributed by atoms with Crippen LogP contribution in [0.25, 0.3) is 0 Å². The lowest BCUT2D eigenvalue weighted by Gasteiger charge is -2.42. The van der Waals surface area contributed by atoms with Crippen molar-refractivity contribution in [2.75, 3.05) is 33.3 Å². The number of carbonyl (C=O) groups is 1. The van der Waals surface area contributed by atoms with Gasteiger partial charge in [-0.2, -0.15) is 0 Å². The summed E-state index contributed by atoms with van der Waals surface area (Å²) in [5.41, 5.74) is -0.743. The van der Waals surface area contributed by atoms with Crippen molar-refractivity contribution < 1.29 is 14.3 Å². The van der Waals surface area contributed by atoms with Crippen molar-refractivity contribution in [3.63, 3.8) is 0 Å². The van der Waals surface area contributed by atoms with Crippen molar-refractivity contribution >= 4 is 5.97 Å². The number of morpholine rings is 1. The maximum atomic E-state index is 12.1. The van der Waals surface area contributed by atoms with Crippen LogP contribution in [-0.2, 0) is 14.3 Å². The van der Waals surface area contributed by atoms with Crippen molar-refractivity contribution in [2.45, 2.75) is 64.7 Å². The first-order valence-corrected chi connectivity index (χ1v) is 7.96. The maximum Gasteiger partial charge on any atom is 0.325 e.